The third kappa shape index (κ3) is 25.2. The van der Waals surface area contributed by atoms with E-state index in [1.165, 1.54) is 6.07 Å². The molecule has 0 spiro atoms. The van der Waals surface area contributed by atoms with Crippen molar-refractivity contribution in [1.29, 1.82) is 0 Å². The van der Waals surface area contributed by atoms with E-state index < -0.39 is 29.7 Å². The molecule has 5 amide bonds. The second kappa shape index (κ2) is 38.8. The molecule has 402 valence electrons. The number of hydrogen-bond acceptors (Lipinski definition) is 19. The van der Waals surface area contributed by atoms with Crippen LogP contribution in [0.2, 0.25) is 0 Å². The molecule has 0 saturated carbocycles. The van der Waals surface area contributed by atoms with Gasteiger partial charge in [-0.15, -0.1) is 0 Å². The van der Waals surface area contributed by atoms with Crippen LogP contribution in [0.1, 0.15) is 69.6 Å². The topological polar surface area (TPSA) is 250 Å². The third-order valence-electron chi connectivity index (χ3n) is 10.5. The Morgan fingerprint density at radius 3 is 1.36 bits per heavy atom. The lowest BCUT2D eigenvalue weighted by molar-refractivity contribution is -0.136. The van der Waals surface area contributed by atoms with Gasteiger partial charge >= 0.3 is 5.97 Å². The number of imide groups is 2. The number of amides is 5. The number of ether oxygens (including phenoxy) is 13. The second-order valence-electron chi connectivity index (χ2n) is 15.9. The summed E-state index contributed by atoms with van der Waals surface area (Å²) in [5.41, 5.74) is 0.882. The summed E-state index contributed by atoms with van der Waals surface area (Å²) in [6, 6.07) is 12.3. The largest absolute Gasteiger partial charge is 0.460 e. The van der Waals surface area contributed by atoms with Crippen molar-refractivity contribution in [2.24, 2.45) is 0 Å². The van der Waals surface area contributed by atoms with Crippen molar-refractivity contribution in [3.05, 3.63) is 65.2 Å². The third-order valence-corrected chi connectivity index (χ3v) is 10.5. The van der Waals surface area contributed by atoms with E-state index in [0.29, 0.717) is 171 Å². The highest BCUT2D eigenvalue weighted by Gasteiger charge is 2.45. The number of hydrogen-bond donors (Lipinski definition) is 2. The molecule has 1 atom stereocenters. The Morgan fingerprint density at radius 1 is 0.486 bits per heavy atom. The van der Waals surface area contributed by atoms with Crippen molar-refractivity contribution >= 4 is 41.2 Å². The SMILES string of the molecule is O=C1CCC(N2C(=O)c3cccc(NC(=O)CCCCCOCCOCCOCCOCCOCCOCCOCCOCCOCCOCCOCCOCCOC(=O)c4ccccc4)c3C2=O)C(=O)N1. The zero-order valence-electron chi connectivity index (χ0n) is 41.3. The molecule has 1 unspecified atom stereocenters. The maximum absolute atomic E-state index is 13.2. The normalized spacial score (nSPS) is 14.5. The van der Waals surface area contributed by atoms with Gasteiger partial charge in [0.1, 0.15) is 12.6 Å². The Balaban J connectivity index is 0.778. The van der Waals surface area contributed by atoms with E-state index >= 15 is 0 Å². The van der Waals surface area contributed by atoms with Crippen LogP contribution in [-0.4, -0.2) is 212 Å². The van der Waals surface area contributed by atoms with Gasteiger partial charge in [-0.25, -0.2) is 4.79 Å². The summed E-state index contributed by atoms with van der Waals surface area (Å²) < 4.78 is 71.1. The Labute approximate surface area is 421 Å². The van der Waals surface area contributed by atoms with E-state index in [1.807, 2.05) is 6.07 Å². The number of carbonyl (C=O) groups is 6. The monoisotopic (exact) mass is 1020 g/mol. The molecule has 1 fully saturated rings. The Morgan fingerprint density at radius 2 is 0.917 bits per heavy atom. The Bertz CT molecular complexity index is 1860. The molecule has 2 aromatic rings. The number of benzene rings is 2. The van der Waals surface area contributed by atoms with Crippen LogP contribution in [0.5, 0.6) is 0 Å². The molecular formula is C50H73N3O19. The quantitative estimate of drug-likeness (QED) is 0.0550. The first-order valence-corrected chi connectivity index (χ1v) is 24.7. The van der Waals surface area contributed by atoms with E-state index in [1.54, 1.807) is 36.4 Å². The minimum atomic E-state index is -1.08. The fourth-order valence-electron chi connectivity index (χ4n) is 6.87. The molecule has 0 aromatic heterocycles. The number of anilines is 1. The van der Waals surface area contributed by atoms with Gasteiger partial charge in [-0.05, 0) is 43.5 Å². The van der Waals surface area contributed by atoms with Crippen LogP contribution < -0.4 is 10.6 Å². The van der Waals surface area contributed by atoms with Crippen molar-refractivity contribution in [2.75, 3.05) is 170 Å². The molecule has 2 N–H and O–H groups in total. The van der Waals surface area contributed by atoms with Gasteiger partial charge in [-0.3, -0.25) is 34.2 Å². The first-order chi connectivity index (χ1) is 35.4. The van der Waals surface area contributed by atoms with Gasteiger partial charge in [-0.2, -0.15) is 0 Å². The summed E-state index contributed by atoms with van der Waals surface area (Å²) in [4.78, 5) is 75.5. The highest BCUT2D eigenvalue weighted by atomic mass is 16.6. The number of unbranched alkanes of at least 4 members (excludes halogenated alkanes) is 2. The van der Waals surface area contributed by atoms with Gasteiger partial charge < -0.3 is 66.9 Å². The van der Waals surface area contributed by atoms with Crippen molar-refractivity contribution in [1.82, 2.24) is 10.2 Å². The molecule has 0 aliphatic carbocycles. The average molecular weight is 1020 g/mol. The molecule has 22 nitrogen and oxygen atoms in total. The van der Waals surface area contributed by atoms with Crippen molar-refractivity contribution < 1.29 is 90.3 Å². The maximum Gasteiger partial charge on any atom is 0.338 e. The highest BCUT2D eigenvalue weighted by Crippen LogP contribution is 2.32. The van der Waals surface area contributed by atoms with Crippen LogP contribution in [0.4, 0.5) is 5.69 Å². The van der Waals surface area contributed by atoms with Gasteiger partial charge in [0.25, 0.3) is 11.8 Å². The Kier molecular flexibility index (Phi) is 32.2. The molecule has 4 rings (SSSR count). The zero-order chi connectivity index (χ0) is 51.1. The molecule has 22 heteroatoms. The van der Waals surface area contributed by atoms with Crippen LogP contribution in [0.25, 0.3) is 0 Å². The van der Waals surface area contributed by atoms with E-state index in [9.17, 15) is 28.8 Å². The van der Waals surface area contributed by atoms with Crippen molar-refractivity contribution in [3.63, 3.8) is 0 Å². The lowest BCUT2D eigenvalue weighted by atomic mass is 10.0. The molecule has 2 aromatic carbocycles. The number of fused-ring (bicyclic) bond motifs is 1. The van der Waals surface area contributed by atoms with E-state index in [-0.39, 0.29) is 54.6 Å². The average Bonchev–Trinajstić information content (AvgIpc) is 3.64. The first kappa shape index (κ1) is 59.7. The standard InChI is InChI=1S/C50H73N3O19/c54-44(51-42-11-7-10-41-46(42)49(58)53(48(41)57)43-13-14-45(55)52-47(43)56)12-5-2-6-15-60-16-17-61-18-19-62-20-21-63-22-23-64-24-25-65-26-27-66-28-29-67-30-31-68-32-33-69-34-35-70-36-37-71-38-39-72-50(59)40-8-3-1-4-9-40/h1,3-4,7-11,43H,2,5-6,12-39H2,(H,51,54)(H,52,55,56). The molecule has 0 radical (unpaired) electrons. The van der Waals surface area contributed by atoms with Crippen LogP contribution in [0, 0.1) is 0 Å². The minimum Gasteiger partial charge on any atom is -0.460 e. The van der Waals surface area contributed by atoms with Gasteiger partial charge in [0.05, 0.1) is 174 Å². The van der Waals surface area contributed by atoms with Crippen molar-refractivity contribution in [3.8, 4) is 0 Å². The van der Waals surface area contributed by atoms with Crippen LogP contribution in [-0.2, 0) is 76.0 Å². The van der Waals surface area contributed by atoms with Gasteiger partial charge in [0.2, 0.25) is 17.7 Å². The zero-order valence-corrected chi connectivity index (χ0v) is 41.3. The maximum atomic E-state index is 13.2. The summed E-state index contributed by atoms with van der Waals surface area (Å²) >= 11 is 0. The molecule has 1 saturated heterocycles. The molecule has 2 heterocycles. The first-order valence-electron chi connectivity index (χ1n) is 24.7. The second-order valence-corrected chi connectivity index (χ2v) is 15.9. The fourth-order valence-corrected chi connectivity index (χ4v) is 6.87. The number of nitrogens with zero attached hydrogens (tertiary/aromatic N) is 1. The lowest BCUT2D eigenvalue weighted by Crippen LogP contribution is -2.54. The summed E-state index contributed by atoms with van der Waals surface area (Å²) in [7, 11) is 0. The van der Waals surface area contributed by atoms with E-state index in [2.05, 4.69) is 10.6 Å². The molecule has 72 heavy (non-hydrogen) atoms. The van der Waals surface area contributed by atoms with Crippen LogP contribution >= 0.6 is 0 Å². The molecule has 2 aliphatic heterocycles. The summed E-state index contributed by atoms with van der Waals surface area (Å²) in [6.07, 6.45) is 2.41. The van der Waals surface area contributed by atoms with Crippen LogP contribution in [0.3, 0.4) is 0 Å². The number of piperidine rings is 1. The van der Waals surface area contributed by atoms with E-state index in [0.717, 1.165) is 17.7 Å². The van der Waals surface area contributed by atoms with Crippen LogP contribution in [0.15, 0.2) is 48.5 Å². The Hall–Kier alpha value is -4.82. The predicted molar refractivity (Wildman–Crippen MR) is 257 cm³/mol. The smallest absolute Gasteiger partial charge is 0.338 e. The number of nitrogens with one attached hydrogen (secondary N) is 2. The van der Waals surface area contributed by atoms with Gasteiger partial charge in [0, 0.05) is 19.4 Å². The van der Waals surface area contributed by atoms with Gasteiger partial charge in [-0.1, -0.05) is 30.7 Å². The fraction of sp³-hybridized carbons (Fsp3) is 0.640. The summed E-state index contributed by atoms with van der Waals surface area (Å²) in [6.45, 7) is 10.9. The minimum absolute atomic E-state index is 0.0235. The number of esters is 1. The van der Waals surface area contributed by atoms with Crippen molar-refractivity contribution in [2.45, 2.75) is 44.6 Å². The highest BCUT2D eigenvalue weighted by molar-refractivity contribution is 6.26. The van der Waals surface area contributed by atoms with E-state index in [4.69, 9.17) is 61.6 Å². The number of carbonyl (C=O) groups excluding carboxylic acids is 6. The lowest BCUT2D eigenvalue weighted by Gasteiger charge is -2.27. The van der Waals surface area contributed by atoms with Gasteiger partial charge in [0.15, 0.2) is 0 Å². The molecular weight excluding hydrogens is 947 g/mol. The predicted octanol–water partition coefficient (Wildman–Crippen LogP) is 2.64. The summed E-state index contributed by atoms with van der Waals surface area (Å²) in [5, 5.41) is 4.91. The molecule has 0 bridgehead atoms. The number of rotatable bonds is 45. The summed E-state index contributed by atoms with van der Waals surface area (Å²) in [5.74, 6) is -3.11. The molecule has 2 aliphatic rings.